The second-order valence-electron chi connectivity index (χ2n) is 3.54. The maximum atomic E-state index is 8.49. The first-order valence-corrected chi connectivity index (χ1v) is 5.62. The van der Waals surface area contributed by atoms with E-state index in [1.54, 1.807) is 0 Å². The van der Waals surface area contributed by atoms with E-state index in [1.165, 1.54) is 24.8 Å². The van der Waals surface area contributed by atoms with Crippen LogP contribution in [0.1, 0.15) is 37.3 Å². The monoisotopic (exact) mass is 225 g/mol. The molecule has 2 nitrogen and oxygen atoms in total. The normalized spacial score (nSPS) is 11.7. The Balaban J connectivity index is 2.56. The lowest BCUT2D eigenvalue weighted by atomic mass is 10.1. The number of unbranched alkanes of at least 4 members (excludes halogenated alkanes) is 2. The van der Waals surface area contributed by atoms with Crippen LogP contribution in [0.25, 0.3) is 0 Å². The maximum absolute atomic E-state index is 8.49. The standard InChI is InChI=1S/C12H16ClNO/c1-2-3-4-5-10-6-8-11(9-7-10)12(13)14-15/h6-9,15H,2-5H2,1H3/b14-12-. The number of halogens is 1. The van der Waals surface area contributed by atoms with Gasteiger partial charge in [-0.15, -0.1) is 0 Å². The average molecular weight is 226 g/mol. The topological polar surface area (TPSA) is 32.6 Å². The largest absolute Gasteiger partial charge is 0.410 e. The van der Waals surface area contributed by atoms with Crippen LogP contribution in [0.4, 0.5) is 0 Å². The van der Waals surface area contributed by atoms with Crippen LogP contribution in [0, 0.1) is 0 Å². The summed E-state index contributed by atoms with van der Waals surface area (Å²) >= 11 is 5.67. The Morgan fingerprint density at radius 3 is 2.47 bits per heavy atom. The molecule has 0 atom stereocenters. The van der Waals surface area contributed by atoms with Crippen LogP contribution < -0.4 is 0 Å². The predicted octanol–water partition coefficient (Wildman–Crippen LogP) is 3.79. The van der Waals surface area contributed by atoms with Crippen molar-refractivity contribution in [2.75, 3.05) is 0 Å². The van der Waals surface area contributed by atoms with Gasteiger partial charge in [-0.25, -0.2) is 0 Å². The van der Waals surface area contributed by atoms with Crippen LogP contribution in [-0.2, 0) is 6.42 Å². The smallest absolute Gasteiger partial charge is 0.175 e. The summed E-state index contributed by atoms with van der Waals surface area (Å²) in [6, 6.07) is 7.81. The van der Waals surface area contributed by atoms with Crippen molar-refractivity contribution in [1.82, 2.24) is 0 Å². The molecule has 0 saturated carbocycles. The van der Waals surface area contributed by atoms with Gasteiger partial charge in [0, 0.05) is 5.56 Å². The van der Waals surface area contributed by atoms with E-state index in [1.807, 2.05) is 24.3 Å². The summed E-state index contributed by atoms with van der Waals surface area (Å²) in [6.45, 7) is 2.20. The zero-order chi connectivity index (χ0) is 11.1. The van der Waals surface area contributed by atoms with Gasteiger partial charge in [0.1, 0.15) is 0 Å². The number of benzene rings is 1. The molecule has 1 aromatic rings. The summed E-state index contributed by atoms with van der Waals surface area (Å²) < 4.78 is 0. The third kappa shape index (κ3) is 3.92. The molecule has 1 rings (SSSR count). The van der Waals surface area contributed by atoms with Crippen LogP contribution in [-0.4, -0.2) is 10.4 Å². The van der Waals surface area contributed by atoms with Crippen LogP contribution in [0.3, 0.4) is 0 Å². The van der Waals surface area contributed by atoms with Gasteiger partial charge in [-0.3, -0.25) is 0 Å². The van der Waals surface area contributed by atoms with Gasteiger partial charge < -0.3 is 5.21 Å². The lowest BCUT2D eigenvalue weighted by Gasteiger charge is -2.01. The van der Waals surface area contributed by atoms with E-state index in [4.69, 9.17) is 16.8 Å². The molecule has 1 aromatic carbocycles. The highest BCUT2D eigenvalue weighted by atomic mass is 35.5. The van der Waals surface area contributed by atoms with Gasteiger partial charge in [-0.05, 0) is 18.4 Å². The molecule has 0 heterocycles. The first-order chi connectivity index (χ1) is 7.27. The summed E-state index contributed by atoms with van der Waals surface area (Å²) in [5, 5.41) is 11.6. The molecule has 0 unspecified atom stereocenters. The van der Waals surface area contributed by atoms with Gasteiger partial charge in [0.15, 0.2) is 5.17 Å². The second-order valence-corrected chi connectivity index (χ2v) is 3.90. The Hall–Kier alpha value is -1.02. The van der Waals surface area contributed by atoms with Crippen LogP contribution in [0.5, 0.6) is 0 Å². The van der Waals surface area contributed by atoms with E-state index < -0.39 is 0 Å². The lowest BCUT2D eigenvalue weighted by Crippen LogP contribution is -1.92. The summed E-state index contributed by atoms with van der Waals surface area (Å²) in [6.07, 6.45) is 4.82. The zero-order valence-electron chi connectivity index (χ0n) is 8.91. The van der Waals surface area contributed by atoms with Crippen molar-refractivity contribution in [3.05, 3.63) is 35.4 Å². The van der Waals surface area contributed by atoms with Gasteiger partial charge in [0.2, 0.25) is 0 Å². The van der Waals surface area contributed by atoms with E-state index in [2.05, 4.69) is 12.1 Å². The van der Waals surface area contributed by atoms with E-state index in [0.29, 0.717) is 0 Å². The van der Waals surface area contributed by atoms with Gasteiger partial charge >= 0.3 is 0 Å². The molecule has 0 aliphatic heterocycles. The Morgan fingerprint density at radius 1 is 1.27 bits per heavy atom. The molecule has 0 bridgehead atoms. The average Bonchev–Trinajstić information content (AvgIpc) is 2.29. The number of oxime groups is 1. The van der Waals surface area contributed by atoms with Crippen molar-refractivity contribution < 1.29 is 5.21 Å². The molecular weight excluding hydrogens is 210 g/mol. The Kier molecular flexibility index (Phi) is 5.19. The lowest BCUT2D eigenvalue weighted by molar-refractivity contribution is 0.321. The van der Waals surface area contributed by atoms with Crippen molar-refractivity contribution in [2.45, 2.75) is 32.6 Å². The zero-order valence-corrected chi connectivity index (χ0v) is 9.67. The van der Waals surface area contributed by atoms with E-state index in [-0.39, 0.29) is 5.17 Å². The van der Waals surface area contributed by atoms with Gasteiger partial charge in [0.05, 0.1) is 0 Å². The third-order valence-electron chi connectivity index (χ3n) is 2.35. The molecule has 0 radical (unpaired) electrons. The van der Waals surface area contributed by atoms with Crippen LogP contribution in [0.15, 0.2) is 29.4 Å². The van der Waals surface area contributed by atoms with Crippen molar-refractivity contribution >= 4 is 16.8 Å². The highest BCUT2D eigenvalue weighted by molar-refractivity contribution is 6.69. The number of hydrogen-bond acceptors (Lipinski definition) is 2. The molecule has 15 heavy (non-hydrogen) atoms. The number of hydrogen-bond donors (Lipinski definition) is 1. The maximum Gasteiger partial charge on any atom is 0.175 e. The molecule has 82 valence electrons. The summed E-state index contributed by atoms with van der Waals surface area (Å²) in [5.41, 5.74) is 2.05. The molecule has 0 saturated heterocycles. The van der Waals surface area contributed by atoms with Crippen LogP contribution in [0.2, 0.25) is 0 Å². The molecule has 0 spiro atoms. The van der Waals surface area contributed by atoms with Crippen LogP contribution >= 0.6 is 11.6 Å². The SMILES string of the molecule is CCCCCc1ccc(/C(Cl)=N/O)cc1. The van der Waals surface area contributed by atoms with Crippen molar-refractivity contribution in [3.8, 4) is 0 Å². The van der Waals surface area contributed by atoms with Crippen molar-refractivity contribution in [3.63, 3.8) is 0 Å². The van der Waals surface area contributed by atoms with Gasteiger partial charge in [0.25, 0.3) is 0 Å². The summed E-state index contributed by atoms with van der Waals surface area (Å²) in [4.78, 5) is 0. The first kappa shape index (κ1) is 12.1. The molecule has 0 fully saturated rings. The molecular formula is C12H16ClNO. The molecule has 3 heteroatoms. The third-order valence-corrected chi connectivity index (χ3v) is 2.64. The van der Waals surface area contributed by atoms with E-state index >= 15 is 0 Å². The minimum atomic E-state index is 0.134. The quantitative estimate of drug-likeness (QED) is 0.352. The van der Waals surface area contributed by atoms with Crippen molar-refractivity contribution in [2.24, 2.45) is 5.16 Å². The van der Waals surface area contributed by atoms with Gasteiger partial charge in [-0.2, -0.15) is 0 Å². The van der Waals surface area contributed by atoms with E-state index in [0.717, 1.165) is 12.0 Å². The fraction of sp³-hybridized carbons (Fsp3) is 0.417. The van der Waals surface area contributed by atoms with Gasteiger partial charge in [-0.1, -0.05) is 60.8 Å². The summed E-state index contributed by atoms with van der Waals surface area (Å²) in [7, 11) is 0. The predicted molar refractivity (Wildman–Crippen MR) is 63.8 cm³/mol. The molecule has 0 aliphatic carbocycles. The molecule has 1 N–H and O–H groups in total. The molecule has 0 aromatic heterocycles. The number of aryl methyl sites for hydroxylation is 1. The fourth-order valence-corrected chi connectivity index (χ4v) is 1.57. The number of rotatable bonds is 5. The Labute approximate surface area is 95.6 Å². The molecule has 0 amide bonds. The summed E-state index contributed by atoms with van der Waals surface area (Å²) in [5.74, 6) is 0. The van der Waals surface area contributed by atoms with Crippen molar-refractivity contribution in [1.29, 1.82) is 0 Å². The minimum absolute atomic E-state index is 0.134. The minimum Gasteiger partial charge on any atom is -0.410 e. The fourth-order valence-electron chi connectivity index (χ4n) is 1.45. The van der Waals surface area contributed by atoms with E-state index in [9.17, 15) is 0 Å². The first-order valence-electron chi connectivity index (χ1n) is 5.24. The highest BCUT2D eigenvalue weighted by Crippen LogP contribution is 2.10. The molecule has 0 aliphatic rings. The highest BCUT2D eigenvalue weighted by Gasteiger charge is 1.99. The number of nitrogens with zero attached hydrogens (tertiary/aromatic N) is 1. The Bertz CT molecular complexity index is 319. The second kappa shape index (κ2) is 6.46. The Morgan fingerprint density at radius 2 is 1.93 bits per heavy atom.